The first-order valence-corrected chi connectivity index (χ1v) is 7.91. The van der Waals surface area contributed by atoms with Crippen molar-refractivity contribution in [2.45, 2.75) is 51.9 Å². The molecule has 2 N–H and O–H groups in total. The highest BCUT2D eigenvalue weighted by Crippen LogP contribution is 2.37. The molecular formula is C18H27NO. The number of nitrogens with two attached hydrogens (primary N) is 1. The van der Waals surface area contributed by atoms with Crippen LogP contribution < -0.4 is 5.73 Å². The molecule has 20 heavy (non-hydrogen) atoms. The molecule has 0 bridgehead atoms. The minimum absolute atomic E-state index is 0.423. The van der Waals surface area contributed by atoms with Gasteiger partial charge in [0, 0.05) is 12.8 Å². The minimum Gasteiger partial charge on any atom is -0.330 e. The van der Waals surface area contributed by atoms with Crippen LogP contribution in [0.25, 0.3) is 0 Å². The van der Waals surface area contributed by atoms with E-state index in [-0.39, 0.29) is 0 Å². The summed E-state index contributed by atoms with van der Waals surface area (Å²) in [6.07, 6.45) is 4.57. The first kappa shape index (κ1) is 15.2. The SMILES string of the molecule is CC(C)C(CCN)CCC(=O)CC1Cc2ccccc21. The molecule has 2 unspecified atom stereocenters. The van der Waals surface area contributed by atoms with Crippen molar-refractivity contribution < 1.29 is 4.79 Å². The van der Waals surface area contributed by atoms with Crippen molar-refractivity contribution in [2.75, 3.05) is 6.54 Å². The molecule has 2 rings (SSSR count). The lowest BCUT2D eigenvalue weighted by molar-refractivity contribution is -0.119. The molecule has 110 valence electrons. The second kappa shape index (κ2) is 7.03. The van der Waals surface area contributed by atoms with Crippen molar-refractivity contribution in [1.29, 1.82) is 0 Å². The Labute approximate surface area is 122 Å². The third kappa shape index (κ3) is 3.69. The van der Waals surface area contributed by atoms with Crippen molar-refractivity contribution in [1.82, 2.24) is 0 Å². The first-order valence-electron chi connectivity index (χ1n) is 7.91. The van der Waals surface area contributed by atoms with Crippen molar-refractivity contribution in [3.63, 3.8) is 0 Å². The highest BCUT2D eigenvalue weighted by molar-refractivity contribution is 5.79. The quantitative estimate of drug-likeness (QED) is 0.785. The van der Waals surface area contributed by atoms with Gasteiger partial charge in [-0.3, -0.25) is 4.79 Å². The van der Waals surface area contributed by atoms with Gasteiger partial charge in [0.25, 0.3) is 0 Å². The molecule has 0 aromatic heterocycles. The first-order chi connectivity index (χ1) is 9.61. The van der Waals surface area contributed by atoms with E-state index in [1.54, 1.807) is 0 Å². The summed E-state index contributed by atoms with van der Waals surface area (Å²) in [6.45, 7) is 5.19. The van der Waals surface area contributed by atoms with Crippen LogP contribution in [0.2, 0.25) is 0 Å². The molecule has 1 aliphatic rings. The molecule has 0 spiro atoms. The van der Waals surface area contributed by atoms with Crippen molar-refractivity contribution >= 4 is 5.78 Å². The van der Waals surface area contributed by atoms with Crippen LogP contribution in [0.1, 0.15) is 56.6 Å². The summed E-state index contributed by atoms with van der Waals surface area (Å²) in [7, 11) is 0. The average molecular weight is 273 g/mol. The maximum atomic E-state index is 12.2. The van der Waals surface area contributed by atoms with E-state index in [1.807, 2.05) is 0 Å². The van der Waals surface area contributed by atoms with Gasteiger partial charge >= 0.3 is 0 Å². The van der Waals surface area contributed by atoms with Crippen LogP contribution >= 0.6 is 0 Å². The van der Waals surface area contributed by atoms with E-state index >= 15 is 0 Å². The van der Waals surface area contributed by atoms with Gasteiger partial charge in [-0.05, 0) is 54.7 Å². The zero-order valence-corrected chi connectivity index (χ0v) is 12.8. The van der Waals surface area contributed by atoms with Crippen LogP contribution in [0.15, 0.2) is 24.3 Å². The summed E-state index contributed by atoms with van der Waals surface area (Å²) >= 11 is 0. The van der Waals surface area contributed by atoms with Gasteiger partial charge in [0.15, 0.2) is 0 Å². The van der Waals surface area contributed by atoms with E-state index in [4.69, 9.17) is 5.73 Å². The third-order valence-corrected chi connectivity index (χ3v) is 4.71. The normalized spacial score (nSPS) is 18.5. The van der Waals surface area contributed by atoms with E-state index in [2.05, 4.69) is 38.1 Å². The number of carbonyl (C=O) groups excluding carboxylic acids is 1. The molecule has 0 fully saturated rings. The van der Waals surface area contributed by atoms with Crippen LogP contribution in [0, 0.1) is 11.8 Å². The maximum Gasteiger partial charge on any atom is 0.133 e. The van der Waals surface area contributed by atoms with Gasteiger partial charge in [-0.1, -0.05) is 38.1 Å². The molecule has 1 aromatic carbocycles. The Balaban J connectivity index is 1.77. The number of carbonyl (C=O) groups is 1. The van der Waals surface area contributed by atoms with E-state index in [0.717, 1.165) is 38.6 Å². The van der Waals surface area contributed by atoms with Gasteiger partial charge in [-0.15, -0.1) is 0 Å². The monoisotopic (exact) mass is 273 g/mol. The predicted molar refractivity (Wildman–Crippen MR) is 83.7 cm³/mol. The van der Waals surface area contributed by atoms with Crippen LogP contribution in [0.4, 0.5) is 0 Å². The smallest absolute Gasteiger partial charge is 0.133 e. The molecule has 0 amide bonds. The molecular weight excluding hydrogens is 246 g/mol. The van der Waals surface area contributed by atoms with Gasteiger partial charge < -0.3 is 5.73 Å². The zero-order chi connectivity index (χ0) is 14.5. The molecule has 0 saturated heterocycles. The Hall–Kier alpha value is -1.15. The van der Waals surface area contributed by atoms with Crippen molar-refractivity contribution in [3.05, 3.63) is 35.4 Å². The average Bonchev–Trinajstić information content (AvgIpc) is 2.40. The Kier molecular flexibility index (Phi) is 5.36. The zero-order valence-electron chi connectivity index (χ0n) is 12.8. The maximum absolute atomic E-state index is 12.2. The van der Waals surface area contributed by atoms with Gasteiger partial charge in [0.05, 0.1) is 0 Å². The molecule has 2 nitrogen and oxygen atoms in total. The highest BCUT2D eigenvalue weighted by atomic mass is 16.1. The second-order valence-electron chi connectivity index (χ2n) is 6.46. The van der Waals surface area contributed by atoms with Crippen LogP contribution in [0.5, 0.6) is 0 Å². The Morgan fingerprint density at radius 2 is 2.05 bits per heavy atom. The lowest BCUT2D eigenvalue weighted by Gasteiger charge is -2.29. The summed E-state index contributed by atoms with van der Waals surface area (Å²) in [5, 5.41) is 0. The standard InChI is InChI=1S/C18H27NO/c1-13(2)14(9-10-19)7-8-17(20)12-16-11-15-5-3-4-6-18(15)16/h3-6,13-14,16H,7-12,19H2,1-2H3. The lowest BCUT2D eigenvalue weighted by Crippen LogP contribution is -2.21. The molecule has 2 atom stereocenters. The van der Waals surface area contributed by atoms with Gasteiger partial charge in [0.1, 0.15) is 5.78 Å². The summed E-state index contributed by atoms with van der Waals surface area (Å²) in [4.78, 5) is 12.2. The summed E-state index contributed by atoms with van der Waals surface area (Å²) in [5.74, 6) is 2.12. The molecule has 0 heterocycles. The van der Waals surface area contributed by atoms with Gasteiger partial charge in [0.2, 0.25) is 0 Å². The topological polar surface area (TPSA) is 43.1 Å². The van der Waals surface area contributed by atoms with E-state index in [0.29, 0.717) is 23.5 Å². The summed E-state index contributed by atoms with van der Waals surface area (Å²) in [6, 6.07) is 8.50. The van der Waals surface area contributed by atoms with E-state index in [1.165, 1.54) is 11.1 Å². The number of rotatable bonds is 8. The molecule has 0 aliphatic heterocycles. The summed E-state index contributed by atoms with van der Waals surface area (Å²) in [5.41, 5.74) is 8.47. The number of benzene rings is 1. The fourth-order valence-electron chi connectivity index (χ4n) is 3.29. The minimum atomic E-state index is 0.423. The molecule has 0 saturated carbocycles. The van der Waals surface area contributed by atoms with Gasteiger partial charge in [-0.25, -0.2) is 0 Å². The van der Waals surface area contributed by atoms with Crippen molar-refractivity contribution in [2.24, 2.45) is 17.6 Å². The molecule has 1 aliphatic carbocycles. The number of ketones is 1. The second-order valence-corrected chi connectivity index (χ2v) is 6.46. The largest absolute Gasteiger partial charge is 0.330 e. The fraction of sp³-hybridized carbons (Fsp3) is 0.611. The van der Waals surface area contributed by atoms with E-state index in [9.17, 15) is 4.79 Å². The van der Waals surface area contributed by atoms with Crippen LogP contribution in [-0.4, -0.2) is 12.3 Å². The molecule has 0 radical (unpaired) electrons. The summed E-state index contributed by atoms with van der Waals surface area (Å²) < 4.78 is 0. The molecule has 2 heteroatoms. The Morgan fingerprint density at radius 3 is 2.70 bits per heavy atom. The van der Waals surface area contributed by atoms with Crippen molar-refractivity contribution in [3.8, 4) is 0 Å². The third-order valence-electron chi connectivity index (χ3n) is 4.71. The number of fused-ring (bicyclic) bond motifs is 1. The highest BCUT2D eigenvalue weighted by Gasteiger charge is 2.27. The predicted octanol–water partition coefficient (Wildman–Crippen LogP) is 3.69. The number of Topliss-reactive ketones (excluding diaryl/α,β-unsaturated/α-hetero) is 1. The number of hydrogen-bond acceptors (Lipinski definition) is 2. The van der Waals surface area contributed by atoms with E-state index < -0.39 is 0 Å². The Bertz CT molecular complexity index is 452. The number of hydrogen-bond donors (Lipinski definition) is 1. The molecule has 1 aromatic rings. The lowest BCUT2D eigenvalue weighted by atomic mass is 9.74. The Morgan fingerprint density at radius 1 is 1.30 bits per heavy atom. The fourth-order valence-corrected chi connectivity index (χ4v) is 3.29. The van der Waals surface area contributed by atoms with Crippen LogP contribution in [0.3, 0.4) is 0 Å². The van der Waals surface area contributed by atoms with Gasteiger partial charge in [-0.2, -0.15) is 0 Å². The van der Waals surface area contributed by atoms with Crippen LogP contribution in [-0.2, 0) is 11.2 Å².